The molecule has 7 nitrogen and oxygen atoms in total. The largest absolute Gasteiger partial charge is 0.355 e. The van der Waals surface area contributed by atoms with Crippen LogP contribution in [-0.2, 0) is 11.2 Å². The monoisotopic (exact) mass is 291 g/mol. The van der Waals surface area contributed by atoms with E-state index < -0.39 is 0 Å². The molecule has 2 heterocycles. The van der Waals surface area contributed by atoms with E-state index in [1.165, 1.54) is 4.52 Å². The zero-order valence-corrected chi connectivity index (χ0v) is 12.4. The molecule has 0 radical (unpaired) electrons. The van der Waals surface area contributed by atoms with Gasteiger partial charge in [-0.05, 0) is 19.9 Å². The first kappa shape index (κ1) is 15.2. The fourth-order valence-corrected chi connectivity index (χ4v) is 2.12. The van der Waals surface area contributed by atoms with Gasteiger partial charge in [0.25, 0.3) is 5.56 Å². The van der Waals surface area contributed by atoms with Gasteiger partial charge >= 0.3 is 0 Å². The smallest absolute Gasteiger partial charge is 0.276 e. The lowest BCUT2D eigenvalue weighted by atomic mass is 10.1. The number of carbonyl (C=O) groups excluding carboxylic acids is 1. The lowest BCUT2D eigenvalue weighted by Crippen LogP contribution is -2.35. The highest BCUT2D eigenvalue weighted by Gasteiger charge is 2.13. The zero-order valence-electron chi connectivity index (χ0n) is 12.4. The van der Waals surface area contributed by atoms with Gasteiger partial charge in [-0.3, -0.25) is 14.7 Å². The lowest BCUT2D eigenvalue weighted by Gasteiger charge is -2.07. The molecule has 0 bridgehead atoms. The SMILES string of the molecule is CCCNCCNC(=O)Cc1c(C)nc2cc[nH]n2c1=O. The van der Waals surface area contributed by atoms with Gasteiger partial charge in [0.05, 0.1) is 6.42 Å². The molecule has 21 heavy (non-hydrogen) atoms. The summed E-state index contributed by atoms with van der Waals surface area (Å²) in [6, 6.07) is 1.72. The fraction of sp³-hybridized carbons (Fsp3) is 0.500. The van der Waals surface area contributed by atoms with Crippen LogP contribution in [0, 0.1) is 6.92 Å². The van der Waals surface area contributed by atoms with Crippen molar-refractivity contribution in [3.8, 4) is 0 Å². The molecule has 0 spiro atoms. The van der Waals surface area contributed by atoms with Gasteiger partial charge in [0.15, 0.2) is 5.65 Å². The minimum absolute atomic E-state index is 0.0490. The van der Waals surface area contributed by atoms with Crippen LogP contribution in [0.3, 0.4) is 0 Å². The van der Waals surface area contributed by atoms with Crippen LogP contribution < -0.4 is 16.2 Å². The number of amides is 1. The van der Waals surface area contributed by atoms with Crippen LogP contribution in [0.2, 0.25) is 0 Å². The third-order valence-corrected chi connectivity index (χ3v) is 3.23. The van der Waals surface area contributed by atoms with Gasteiger partial charge < -0.3 is 10.6 Å². The fourth-order valence-electron chi connectivity index (χ4n) is 2.12. The zero-order chi connectivity index (χ0) is 15.2. The Balaban J connectivity index is 1.99. The number of aromatic amines is 1. The van der Waals surface area contributed by atoms with E-state index in [2.05, 4.69) is 27.6 Å². The maximum Gasteiger partial charge on any atom is 0.276 e. The van der Waals surface area contributed by atoms with Gasteiger partial charge in [0.2, 0.25) is 5.91 Å². The molecule has 0 aliphatic carbocycles. The summed E-state index contributed by atoms with van der Waals surface area (Å²) in [5.74, 6) is -0.165. The number of hydrogen-bond donors (Lipinski definition) is 3. The van der Waals surface area contributed by atoms with E-state index in [4.69, 9.17) is 0 Å². The number of aryl methyl sites for hydroxylation is 1. The van der Waals surface area contributed by atoms with Crippen LogP contribution in [0.15, 0.2) is 17.1 Å². The number of nitrogens with one attached hydrogen (secondary N) is 3. The summed E-state index contributed by atoms with van der Waals surface area (Å²) in [5.41, 5.74) is 1.36. The average molecular weight is 291 g/mol. The van der Waals surface area contributed by atoms with Crippen molar-refractivity contribution in [2.24, 2.45) is 0 Å². The van der Waals surface area contributed by atoms with Crippen molar-refractivity contribution in [2.75, 3.05) is 19.6 Å². The Hall–Kier alpha value is -2.15. The van der Waals surface area contributed by atoms with Crippen molar-refractivity contribution in [3.05, 3.63) is 33.9 Å². The van der Waals surface area contributed by atoms with Crippen molar-refractivity contribution in [1.29, 1.82) is 0 Å². The summed E-state index contributed by atoms with van der Waals surface area (Å²) in [4.78, 5) is 28.5. The number of aromatic nitrogens is 3. The Morgan fingerprint density at radius 2 is 2.19 bits per heavy atom. The van der Waals surface area contributed by atoms with Gasteiger partial charge in [-0.1, -0.05) is 6.92 Å². The molecule has 0 saturated carbocycles. The second-order valence-electron chi connectivity index (χ2n) is 4.91. The van der Waals surface area contributed by atoms with Crippen molar-refractivity contribution < 1.29 is 4.79 Å². The summed E-state index contributed by atoms with van der Waals surface area (Å²) in [7, 11) is 0. The van der Waals surface area contributed by atoms with Gasteiger partial charge in [-0.2, -0.15) is 0 Å². The first-order valence-electron chi connectivity index (χ1n) is 7.16. The average Bonchev–Trinajstić information content (AvgIpc) is 2.91. The number of nitrogens with zero attached hydrogens (tertiary/aromatic N) is 2. The Morgan fingerprint density at radius 3 is 2.95 bits per heavy atom. The molecule has 114 valence electrons. The van der Waals surface area contributed by atoms with Crippen molar-refractivity contribution >= 4 is 11.6 Å². The molecule has 0 fully saturated rings. The third-order valence-electron chi connectivity index (χ3n) is 3.23. The second kappa shape index (κ2) is 7.03. The van der Waals surface area contributed by atoms with Crippen molar-refractivity contribution in [3.63, 3.8) is 0 Å². The summed E-state index contributed by atoms with van der Waals surface area (Å²) >= 11 is 0. The van der Waals surface area contributed by atoms with Crippen LogP contribution in [0.5, 0.6) is 0 Å². The molecule has 1 amide bonds. The van der Waals surface area contributed by atoms with Crippen LogP contribution in [-0.4, -0.2) is 40.1 Å². The molecular weight excluding hydrogens is 270 g/mol. The van der Waals surface area contributed by atoms with E-state index in [0.717, 1.165) is 19.5 Å². The topological polar surface area (TPSA) is 91.3 Å². The van der Waals surface area contributed by atoms with E-state index in [1.54, 1.807) is 19.2 Å². The molecule has 7 heteroatoms. The normalized spacial score (nSPS) is 11.0. The number of fused-ring (bicyclic) bond motifs is 1. The number of H-pyrrole nitrogens is 1. The standard InChI is InChI=1S/C14H21N5O2/c1-3-5-15-7-8-16-13(20)9-11-10(2)18-12-4-6-17-19(12)14(11)21/h4,6,15,17H,3,5,7-9H2,1-2H3,(H,16,20). The van der Waals surface area contributed by atoms with Gasteiger partial charge in [0.1, 0.15) is 0 Å². The van der Waals surface area contributed by atoms with E-state index in [0.29, 0.717) is 23.4 Å². The minimum atomic E-state index is -0.221. The summed E-state index contributed by atoms with van der Waals surface area (Å²) in [5, 5.41) is 8.79. The molecule has 2 rings (SSSR count). The summed E-state index contributed by atoms with van der Waals surface area (Å²) < 4.78 is 1.35. The molecule has 2 aromatic rings. The van der Waals surface area contributed by atoms with Crippen LogP contribution in [0.25, 0.3) is 5.65 Å². The predicted molar refractivity (Wildman–Crippen MR) is 80.4 cm³/mol. The van der Waals surface area contributed by atoms with E-state index in [9.17, 15) is 9.59 Å². The maximum atomic E-state index is 12.3. The highest BCUT2D eigenvalue weighted by Crippen LogP contribution is 2.03. The molecule has 0 atom stereocenters. The predicted octanol–water partition coefficient (Wildman–Crippen LogP) is -0.0107. The molecule has 0 aliphatic rings. The highest BCUT2D eigenvalue weighted by atomic mass is 16.2. The van der Waals surface area contributed by atoms with E-state index in [-0.39, 0.29) is 17.9 Å². The molecule has 0 saturated heterocycles. The first-order chi connectivity index (χ1) is 10.1. The molecule has 0 unspecified atom stereocenters. The minimum Gasteiger partial charge on any atom is -0.355 e. The number of rotatable bonds is 7. The molecular formula is C14H21N5O2. The quantitative estimate of drug-likeness (QED) is 0.626. The van der Waals surface area contributed by atoms with Crippen LogP contribution in [0.1, 0.15) is 24.6 Å². The van der Waals surface area contributed by atoms with Gasteiger partial charge in [-0.25, -0.2) is 9.50 Å². The van der Waals surface area contributed by atoms with Crippen LogP contribution >= 0.6 is 0 Å². The van der Waals surface area contributed by atoms with Crippen molar-refractivity contribution in [1.82, 2.24) is 25.2 Å². The molecule has 0 aromatic carbocycles. The van der Waals surface area contributed by atoms with Crippen LogP contribution in [0.4, 0.5) is 0 Å². The van der Waals surface area contributed by atoms with Gasteiger partial charge in [-0.15, -0.1) is 0 Å². The van der Waals surface area contributed by atoms with E-state index >= 15 is 0 Å². The van der Waals surface area contributed by atoms with E-state index in [1.807, 2.05) is 0 Å². The second-order valence-corrected chi connectivity index (χ2v) is 4.91. The molecule has 2 aromatic heterocycles. The first-order valence-corrected chi connectivity index (χ1v) is 7.16. The van der Waals surface area contributed by atoms with Crippen molar-refractivity contribution in [2.45, 2.75) is 26.7 Å². The Kier molecular flexibility index (Phi) is 5.10. The third kappa shape index (κ3) is 3.69. The van der Waals surface area contributed by atoms with Gasteiger partial charge in [0, 0.05) is 36.6 Å². The Morgan fingerprint density at radius 1 is 1.38 bits per heavy atom. The number of hydrogen-bond acceptors (Lipinski definition) is 4. The number of carbonyl (C=O) groups is 1. The maximum absolute atomic E-state index is 12.3. The summed E-state index contributed by atoms with van der Waals surface area (Å²) in [6.07, 6.45) is 2.76. The Bertz CT molecular complexity index is 674. The molecule has 3 N–H and O–H groups in total. The highest BCUT2D eigenvalue weighted by molar-refractivity contribution is 5.78. The lowest BCUT2D eigenvalue weighted by molar-refractivity contribution is -0.120. The summed E-state index contributed by atoms with van der Waals surface area (Å²) in [6.45, 7) is 6.05. The molecule has 0 aliphatic heterocycles. The Labute approximate surface area is 122 Å².